The van der Waals surface area contributed by atoms with E-state index in [-0.39, 0.29) is 5.84 Å². The smallest absolute Gasteiger partial charge is 0.170 e. The Morgan fingerprint density at radius 3 is 2.47 bits per heavy atom. The molecule has 2 aromatic rings. The molecule has 0 saturated carbocycles. The van der Waals surface area contributed by atoms with Crippen molar-refractivity contribution in [3.8, 4) is 5.75 Å². The minimum atomic E-state index is 0.0673. The molecule has 0 spiro atoms. The molecule has 0 heterocycles. The zero-order valence-electron chi connectivity index (χ0n) is 10.1. The second-order valence-corrected chi connectivity index (χ2v) is 4.30. The largest absolute Gasteiger partial charge is 0.489 e. The highest BCUT2D eigenvalue weighted by atomic mass is 35.5. The number of rotatable bonds is 4. The van der Waals surface area contributed by atoms with Gasteiger partial charge >= 0.3 is 0 Å². The standard InChI is InChI=1S/C14H13ClN2O2/c15-13-4-2-1-3-11(13)9-19-12-7-5-10(6-8-12)14(16)17-18/h1-8,18H,9H2,(H2,16,17). The molecule has 2 rings (SSSR count). The molecule has 4 nitrogen and oxygen atoms in total. The van der Waals surface area contributed by atoms with E-state index in [9.17, 15) is 0 Å². The van der Waals surface area contributed by atoms with Crippen LogP contribution in [0.15, 0.2) is 53.7 Å². The minimum Gasteiger partial charge on any atom is -0.489 e. The van der Waals surface area contributed by atoms with Gasteiger partial charge in [0.2, 0.25) is 0 Å². The third-order valence-electron chi connectivity index (χ3n) is 2.61. The maximum Gasteiger partial charge on any atom is 0.170 e. The van der Waals surface area contributed by atoms with Crippen molar-refractivity contribution < 1.29 is 9.94 Å². The molecule has 0 fully saturated rings. The van der Waals surface area contributed by atoms with Crippen LogP contribution in [0.4, 0.5) is 0 Å². The van der Waals surface area contributed by atoms with E-state index in [1.54, 1.807) is 24.3 Å². The highest BCUT2D eigenvalue weighted by Gasteiger charge is 2.02. The summed E-state index contributed by atoms with van der Waals surface area (Å²) in [6.07, 6.45) is 0. The lowest BCUT2D eigenvalue weighted by Gasteiger charge is -2.08. The number of hydrogen-bond donors (Lipinski definition) is 2. The summed E-state index contributed by atoms with van der Waals surface area (Å²) in [6.45, 7) is 0.391. The fraction of sp³-hybridized carbons (Fsp3) is 0.0714. The Hall–Kier alpha value is -2.20. The Kier molecular flexibility index (Phi) is 4.26. The van der Waals surface area contributed by atoms with Crippen LogP contribution in [0.2, 0.25) is 5.02 Å². The normalized spacial score (nSPS) is 11.3. The van der Waals surface area contributed by atoms with E-state index in [4.69, 9.17) is 27.3 Å². The van der Waals surface area contributed by atoms with E-state index in [0.29, 0.717) is 22.9 Å². The van der Waals surface area contributed by atoms with Crippen LogP contribution in [0, 0.1) is 0 Å². The number of ether oxygens (including phenoxy) is 1. The lowest BCUT2D eigenvalue weighted by atomic mass is 10.2. The third-order valence-corrected chi connectivity index (χ3v) is 2.98. The highest BCUT2D eigenvalue weighted by Crippen LogP contribution is 2.18. The molecular weight excluding hydrogens is 264 g/mol. The number of amidine groups is 1. The molecule has 0 saturated heterocycles. The van der Waals surface area contributed by atoms with Crippen LogP contribution < -0.4 is 10.5 Å². The molecule has 0 aromatic heterocycles. The van der Waals surface area contributed by atoms with Crippen LogP contribution in [0.3, 0.4) is 0 Å². The Labute approximate surface area is 116 Å². The van der Waals surface area contributed by atoms with Crippen LogP contribution in [0.5, 0.6) is 5.75 Å². The second kappa shape index (κ2) is 6.11. The van der Waals surface area contributed by atoms with Crippen molar-refractivity contribution >= 4 is 17.4 Å². The highest BCUT2D eigenvalue weighted by molar-refractivity contribution is 6.31. The first-order chi connectivity index (χ1) is 9.20. The lowest BCUT2D eigenvalue weighted by molar-refractivity contribution is 0.306. The fourth-order valence-electron chi connectivity index (χ4n) is 1.56. The van der Waals surface area contributed by atoms with Gasteiger partial charge in [0.1, 0.15) is 12.4 Å². The van der Waals surface area contributed by atoms with Crippen molar-refractivity contribution in [3.05, 3.63) is 64.7 Å². The summed E-state index contributed by atoms with van der Waals surface area (Å²) in [4.78, 5) is 0. The van der Waals surface area contributed by atoms with Gasteiger partial charge in [-0.3, -0.25) is 0 Å². The monoisotopic (exact) mass is 276 g/mol. The maximum absolute atomic E-state index is 8.56. The third kappa shape index (κ3) is 3.39. The zero-order valence-corrected chi connectivity index (χ0v) is 10.8. The first kappa shape index (κ1) is 13.2. The van der Waals surface area contributed by atoms with Crippen molar-refractivity contribution in [2.45, 2.75) is 6.61 Å². The lowest BCUT2D eigenvalue weighted by Crippen LogP contribution is -2.12. The minimum absolute atomic E-state index is 0.0673. The first-order valence-electron chi connectivity index (χ1n) is 5.65. The van der Waals surface area contributed by atoms with Crippen LogP contribution in [0.25, 0.3) is 0 Å². The molecular formula is C14H13ClN2O2. The van der Waals surface area contributed by atoms with Gasteiger partial charge in [0, 0.05) is 16.1 Å². The average Bonchev–Trinajstić information content (AvgIpc) is 2.46. The number of benzene rings is 2. The molecule has 0 bridgehead atoms. The number of hydrogen-bond acceptors (Lipinski definition) is 3. The van der Waals surface area contributed by atoms with Gasteiger partial charge in [-0.1, -0.05) is 35.0 Å². The van der Waals surface area contributed by atoms with E-state index in [1.807, 2.05) is 24.3 Å². The average molecular weight is 277 g/mol. The van der Waals surface area contributed by atoms with Crippen molar-refractivity contribution in [1.82, 2.24) is 0 Å². The number of nitrogens with two attached hydrogens (primary N) is 1. The van der Waals surface area contributed by atoms with Gasteiger partial charge in [0.25, 0.3) is 0 Å². The summed E-state index contributed by atoms with van der Waals surface area (Å²) in [5.41, 5.74) is 7.02. The van der Waals surface area contributed by atoms with Crippen LogP contribution in [-0.4, -0.2) is 11.0 Å². The first-order valence-corrected chi connectivity index (χ1v) is 6.02. The van der Waals surface area contributed by atoms with Gasteiger partial charge in [-0.25, -0.2) is 0 Å². The SMILES string of the molecule is N/C(=N\O)c1ccc(OCc2ccccc2Cl)cc1. The predicted molar refractivity (Wildman–Crippen MR) is 74.7 cm³/mol. The van der Waals surface area contributed by atoms with E-state index in [1.165, 1.54) is 0 Å². The summed E-state index contributed by atoms with van der Waals surface area (Å²) < 4.78 is 5.61. The molecule has 0 aliphatic rings. The Morgan fingerprint density at radius 2 is 1.84 bits per heavy atom. The maximum atomic E-state index is 8.56. The summed E-state index contributed by atoms with van der Waals surface area (Å²) >= 11 is 6.04. The zero-order chi connectivity index (χ0) is 13.7. The van der Waals surface area contributed by atoms with Crippen molar-refractivity contribution in [2.24, 2.45) is 10.9 Å². The summed E-state index contributed by atoms with van der Waals surface area (Å²) in [6, 6.07) is 14.5. The van der Waals surface area contributed by atoms with Crippen LogP contribution >= 0.6 is 11.6 Å². The summed E-state index contributed by atoms with van der Waals surface area (Å²) in [7, 11) is 0. The number of oxime groups is 1. The molecule has 2 aromatic carbocycles. The number of halogens is 1. The van der Waals surface area contributed by atoms with E-state index >= 15 is 0 Å². The Morgan fingerprint density at radius 1 is 1.16 bits per heavy atom. The molecule has 0 aliphatic carbocycles. The molecule has 98 valence electrons. The quantitative estimate of drug-likeness (QED) is 0.390. The Balaban J connectivity index is 2.03. The van der Waals surface area contributed by atoms with E-state index in [0.717, 1.165) is 5.56 Å². The van der Waals surface area contributed by atoms with E-state index < -0.39 is 0 Å². The van der Waals surface area contributed by atoms with Crippen LogP contribution in [-0.2, 0) is 6.61 Å². The van der Waals surface area contributed by atoms with E-state index in [2.05, 4.69) is 5.16 Å². The molecule has 3 N–H and O–H groups in total. The van der Waals surface area contributed by atoms with Gasteiger partial charge in [0.05, 0.1) is 0 Å². The second-order valence-electron chi connectivity index (χ2n) is 3.89. The van der Waals surface area contributed by atoms with Gasteiger partial charge in [-0.05, 0) is 30.3 Å². The molecule has 0 atom stereocenters. The predicted octanol–water partition coefficient (Wildman–Crippen LogP) is 3.01. The topological polar surface area (TPSA) is 67.8 Å². The van der Waals surface area contributed by atoms with Gasteiger partial charge in [-0.2, -0.15) is 0 Å². The summed E-state index contributed by atoms with van der Waals surface area (Å²) in [5.74, 6) is 0.757. The number of nitrogens with zero attached hydrogens (tertiary/aromatic N) is 1. The molecule has 19 heavy (non-hydrogen) atoms. The Bertz CT molecular complexity index is 582. The van der Waals surface area contributed by atoms with Crippen molar-refractivity contribution in [3.63, 3.8) is 0 Å². The summed E-state index contributed by atoms with van der Waals surface area (Å²) in [5, 5.41) is 12.2. The molecule has 0 unspecified atom stereocenters. The van der Waals surface area contributed by atoms with Crippen molar-refractivity contribution in [1.29, 1.82) is 0 Å². The van der Waals surface area contributed by atoms with Crippen LogP contribution in [0.1, 0.15) is 11.1 Å². The molecule has 0 radical (unpaired) electrons. The van der Waals surface area contributed by atoms with Gasteiger partial charge in [-0.15, -0.1) is 0 Å². The molecule has 0 aliphatic heterocycles. The van der Waals surface area contributed by atoms with Gasteiger partial charge < -0.3 is 15.7 Å². The van der Waals surface area contributed by atoms with Gasteiger partial charge in [0.15, 0.2) is 5.84 Å². The van der Waals surface area contributed by atoms with Crippen molar-refractivity contribution in [2.75, 3.05) is 0 Å². The fourth-order valence-corrected chi connectivity index (χ4v) is 1.75. The molecule has 0 amide bonds. The molecule has 5 heteroatoms.